The average Bonchev–Trinajstić information content (AvgIpc) is 3.12. The van der Waals surface area contributed by atoms with Gasteiger partial charge >= 0.3 is 0 Å². The molecule has 0 amide bonds. The third-order valence-electron chi connectivity index (χ3n) is 5.04. The number of methoxy groups -OCH3 is 1. The second-order valence-corrected chi connectivity index (χ2v) is 7.76. The van der Waals surface area contributed by atoms with E-state index in [4.69, 9.17) is 19.9 Å². The highest BCUT2D eigenvalue weighted by molar-refractivity contribution is 9.10. The SMILES string of the molecule is COc1cc(C2C(C#N)=C(N)Oc3n[nH]c(C)c32)cc(Br)c1OCc1ccccc1F. The van der Waals surface area contributed by atoms with Gasteiger partial charge in [0, 0.05) is 16.8 Å². The van der Waals surface area contributed by atoms with Crippen molar-refractivity contribution in [2.24, 2.45) is 5.73 Å². The number of aromatic amines is 1. The Morgan fingerprint density at radius 3 is 2.84 bits per heavy atom. The van der Waals surface area contributed by atoms with E-state index in [9.17, 15) is 9.65 Å². The Bertz CT molecular complexity index is 1230. The number of hydrogen-bond acceptors (Lipinski definition) is 6. The largest absolute Gasteiger partial charge is 0.493 e. The first-order valence-corrected chi connectivity index (χ1v) is 10.1. The Hall–Kier alpha value is -3.51. The summed E-state index contributed by atoms with van der Waals surface area (Å²) in [5.74, 6) is 0.319. The van der Waals surface area contributed by atoms with Crippen LogP contribution in [0, 0.1) is 24.1 Å². The highest BCUT2D eigenvalue weighted by Crippen LogP contribution is 2.46. The molecule has 4 rings (SSSR count). The number of ether oxygens (including phenoxy) is 3. The zero-order valence-electron chi connectivity index (χ0n) is 16.7. The summed E-state index contributed by atoms with van der Waals surface area (Å²) >= 11 is 3.52. The summed E-state index contributed by atoms with van der Waals surface area (Å²) in [6.07, 6.45) is 0. The van der Waals surface area contributed by atoms with Crippen LogP contribution in [0.5, 0.6) is 17.4 Å². The first-order valence-electron chi connectivity index (χ1n) is 9.30. The van der Waals surface area contributed by atoms with Gasteiger partial charge in [0.2, 0.25) is 11.8 Å². The molecule has 1 aromatic heterocycles. The molecule has 2 aromatic carbocycles. The molecule has 1 unspecified atom stereocenters. The van der Waals surface area contributed by atoms with Gasteiger partial charge in [-0.15, -0.1) is 5.10 Å². The van der Waals surface area contributed by atoms with E-state index in [0.29, 0.717) is 27.4 Å². The summed E-state index contributed by atoms with van der Waals surface area (Å²) in [4.78, 5) is 0. The van der Waals surface area contributed by atoms with Crippen molar-refractivity contribution in [3.05, 3.63) is 80.5 Å². The number of nitriles is 1. The van der Waals surface area contributed by atoms with Crippen molar-refractivity contribution in [1.82, 2.24) is 10.2 Å². The molecule has 1 aliphatic rings. The lowest BCUT2D eigenvalue weighted by atomic mass is 9.84. The predicted octanol–water partition coefficient (Wildman–Crippen LogP) is 4.43. The van der Waals surface area contributed by atoms with E-state index in [-0.39, 0.29) is 23.9 Å². The second-order valence-electron chi connectivity index (χ2n) is 6.91. The molecule has 3 N–H and O–H groups in total. The standard InChI is InChI=1S/C22H18BrFN4O3/c1-11-18-19(14(9-25)21(26)31-22(18)28-27-11)13-7-15(23)20(17(8-13)29-2)30-10-12-5-3-4-6-16(12)24/h3-8,19H,10,26H2,1-2H3,(H,27,28). The van der Waals surface area contributed by atoms with Crippen molar-refractivity contribution >= 4 is 15.9 Å². The van der Waals surface area contributed by atoms with Crippen LogP contribution in [0.25, 0.3) is 0 Å². The normalized spacial score (nSPS) is 15.1. The van der Waals surface area contributed by atoms with Crippen LogP contribution in [0.2, 0.25) is 0 Å². The van der Waals surface area contributed by atoms with E-state index in [2.05, 4.69) is 32.2 Å². The van der Waals surface area contributed by atoms with Crippen molar-refractivity contribution in [1.29, 1.82) is 5.26 Å². The number of nitrogens with one attached hydrogen (secondary N) is 1. The van der Waals surface area contributed by atoms with E-state index < -0.39 is 5.92 Å². The van der Waals surface area contributed by atoms with E-state index in [1.165, 1.54) is 13.2 Å². The van der Waals surface area contributed by atoms with Crippen molar-refractivity contribution in [3.63, 3.8) is 0 Å². The molecule has 0 aliphatic carbocycles. The Balaban J connectivity index is 1.75. The molecule has 0 spiro atoms. The van der Waals surface area contributed by atoms with Crippen LogP contribution < -0.4 is 19.9 Å². The number of nitrogens with two attached hydrogens (primary N) is 1. The van der Waals surface area contributed by atoms with Crippen LogP contribution in [-0.4, -0.2) is 17.3 Å². The number of hydrogen-bond donors (Lipinski definition) is 2. The molecule has 1 atom stereocenters. The summed E-state index contributed by atoms with van der Waals surface area (Å²) in [6, 6.07) is 12.1. The van der Waals surface area contributed by atoms with Crippen LogP contribution >= 0.6 is 15.9 Å². The number of aryl methyl sites for hydroxylation is 1. The number of rotatable bonds is 5. The number of allylic oxidation sites excluding steroid dienone is 1. The Kier molecular flexibility index (Phi) is 5.57. The van der Waals surface area contributed by atoms with E-state index in [1.807, 2.05) is 13.0 Å². The predicted molar refractivity (Wildman–Crippen MR) is 114 cm³/mol. The molecule has 0 saturated carbocycles. The second kappa shape index (κ2) is 8.32. The third kappa shape index (κ3) is 3.70. The van der Waals surface area contributed by atoms with Crippen molar-refractivity contribution in [3.8, 4) is 23.4 Å². The maximum absolute atomic E-state index is 14.0. The molecule has 0 saturated heterocycles. The highest BCUT2D eigenvalue weighted by Gasteiger charge is 2.35. The number of benzene rings is 2. The number of fused-ring (bicyclic) bond motifs is 1. The van der Waals surface area contributed by atoms with Crippen molar-refractivity contribution < 1.29 is 18.6 Å². The maximum Gasteiger partial charge on any atom is 0.244 e. The fraction of sp³-hybridized carbons (Fsp3) is 0.182. The number of aromatic nitrogens is 2. The lowest BCUT2D eigenvalue weighted by molar-refractivity contribution is 0.277. The zero-order valence-corrected chi connectivity index (χ0v) is 18.3. The molecule has 2 heterocycles. The van der Waals surface area contributed by atoms with E-state index >= 15 is 0 Å². The summed E-state index contributed by atoms with van der Waals surface area (Å²) in [5.41, 5.74) is 8.89. The molecule has 0 bridgehead atoms. The lowest BCUT2D eigenvalue weighted by Crippen LogP contribution is -2.21. The van der Waals surface area contributed by atoms with Crippen LogP contribution in [0.3, 0.4) is 0 Å². The van der Waals surface area contributed by atoms with Crippen molar-refractivity contribution in [2.45, 2.75) is 19.4 Å². The lowest BCUT2D eigenvalue weighted by Gasteiger charge is -2.25. The number of nitrogens with zero attached hydrogens (tertiary/aromatic N) is 2. The summed E-state index contributed by atoms with van der Waals surface area (Å²) in [6.45, 7) is 1.87. The van der Waals surface area contributed by atoms with Gasteiger partial charge in [-0.1, -0.05) is 18.2 Å². The molecule has 31 heavy (non-hydrogen) atoms. The number of H-pyrrole nitrogens is 1. The van der Waals surface area contributed by atoms with Gasteiger partial charge in [0.1, 0.15) is 24.1 Å². The monoisotopic (exact) mass is 484 g/mol. The van der Waals surface area contributed by atoms with Gasteiger partial charge in [-0.3, -0.25) is 5.10 Å². The smallest absolute Gasteiger partial charge is 0.244 e. The third-order valence-corrected chi connectivity index (χ3v) is 5.63. The molecule has 3 aromatic rings. The Morgan fingerprint density at radius 2 is 2.13 bits per heavy atom. The Labute approximate surface area is 186 Å². The average molecular weight is 485 g/mol. The summed E-state index contributed by atoms with van der Waals surface area (Å²) in [5, 5.41) is 16.7. The fourth-order valence-corrected chi connectivity index (χ4v) is 4.12. The van der Waals surface area contributed by atoms with Crippen molar-refractivity contribution in [2.75, 3.05) is 7.11 Å². The Morgan fingerprint density at radius 1 is 1.35 bits per heavy atom. The molecular weight excluding hydrogens is 467 g/mol. The summed E-state index contributed by atoms with van der Waals surface area (Å²) < 4.78 is 31.5. The molecule has 9 heteroatoms. The topological polar surface area (TPSA) is 106 Å². The van der Waals surface area contributed by atoms with Gasteiger partial charge in [-0.25, -0.2) is 4.39 Å². The maximum atomic E-state index is 14.0. The minimum atomic E-state index is -0.502. The first kappa shape index (κ1) is 20.8. The quantitative estimate of drug-likeness (QED) is 0.554. The van der Waals surface area contributed by atoms with E-state index in [1.54, 1.807) is 24.3 Å². The fourth-order valence-electron chi connectivity index (χ4n) is 3.54. The minimum Gasteiger partial charge on any atom is -0.493 e. The van der Waals surface area contributed by atoms with Gasteiger partial charge < -0.3 is 19.9 Å². The van der Waals surface area contributed by atoms with Gasteiger partial charge in [0.05, 0.1) is 17.5 Å². The molecular formula is C22H18BrFN4O3. The van der Waals surface area contributed by atoms with Gasteiger partial charge in [-0.2, -0.15) is 5.26 Å². The van der Waals surface area contributed by atoms with Crippen LogP contribution in [0.15, 0.2) is 52.3 Å². The van der Waals surface area contributed by atoms with Crippen LogP contribution in [0.1, 0.15) is 28.3 Å². The van der Waals surface area contributed by atoms with Crippen LogP contribution in [0.4, 0.5) is 4.39 Å². The zero-order chi connectivity index (χ0) is 22.1. The number of halogens is 2. The van der Waals surface area contributed by atoms with Crippen LogP contribution in [-0.2, 0) is 6.61 Å². The molecule has 7 nitrogen and oxygen atoms in total. The molecule has 0 fully saturated rings. The molecule has 0 radical (unpaired) electrons. The molecule has 1 aliphatic heterocycles. The highest BCUT2D eigenvalue weighted by atomic mass is 79.9. The summed E-state index contributed by atoms with van der Waals surface area (Å²) in [7, 11) is 1.51. The van der Waals surface area contributed by atoms with Gasteiger partial charge in [0.25, 0.3) is 0 Å². The van der Waals surface area contributed by atoms with E-state index in [0.717, 1.165) is 16.8 Å². The molecule has 158 valence electrons. The van der Waals surface area contributed by atoms with Gasteiger partial charge in [0.15, 0.2) is 11.5 Å². The minimum absolute atomic E-state index is 0.00136. The van der Waals surface area contributed by atoms with Gasteiger partial charge in [-0.05, 0) is 46.6 Å². The first-order chi connectivity index (χ1) is 14.9.